The molecule has 1 aliphatic heterocycles. The number of rotatable bonds is 5. The van der Waals surface area contributed by atoms with Crippen LogP contribution in [0.4, 0.5) is 5.69 Å². The van der Waals surface area contributed by atoms with Gasteiger partial charge >= 0.3 is 0 Å². The van der Waals surface area contributed by atoms with Crippen LogP contribution in [0.15, 0.2) is 30.3 Å². The zero-order chi connectivity index (χ0) is 20.3. The third-order valence-electron chi connectivity index (χ3n) is 5.73. The first kappa shape index (κ1) is 20.1. The normalized spacial score (nSPS) is 14.2. The van der Waals surface area contributed by atoms with Gasteiger partial charge in [-0.05, 0) is 61.2 Å². The highest BCUT2D eigenvalue weighted by molar-refractivity contribution is 5.80. The molecule has 0 aliphatic carbocycles. The second-order valence-electron chi connectivity index (χ2n) is 7.40. The van der Waals surface area contributed by atoms with Gasteiger partial charge in [0.15, 0.2) is 11.5 Å². The lowest BCUT2D eigenvalue weighted by molar-refractivity contribution is -0.130. The molecule has 0 bridgehead atoms. The third-order valence-corrected chi connectivity index (χ3v) is 5.73. The molecule has 0 spiro atoms. The predicted octanol–water partition coefficient (Wildman–Crippen LogP) is 3.52. The van der Waals surface area contributed by atoms with E-state index < -0.39 is 0 Å². The number of nitrogens with zero attached hydrogens (tertiary/aromatic N) is 2. The summed E-state index contributed by atoms with van der Waals surface area (Å²) in [6.45, 7) is 9.54. The van der Waals surface area contributed by atoms with Gasteiger partial charge < -0.3 is 19.3 Å². The average molecular weight is 383 g/mol. The van der Waals surface area contributed by atoms with Gasteiger partial charge in [-0.25, -0.2) is 0 Å². The standard InChI is InChI=1S/C23H30N2O3/c1-16-7-6-8-20(18(16)3)24-9-11-25(12-10-24)23(26)15-19-14-22(28-5)21(27-4)13-17(19)2/h6-8,13-14H,9-12,15H2,1-5H3. The zero-order valence-corrected chi connectivity index (χ0v) is 17.5. The van der Waals surface area contributed by atoms with Gasteiger partial charge in [-0.3, -0.25) is 4.79 Å². The summed E-state index contributed by atoms with van der Waals surface area (Å²) in [6.07, 6.45) is 0.385. The summed E-state index contributed by atoms with van der Waals surface area (Å²) < 4.78 is 10.7. The van der Waals surface area contributed by atoms with E-state index in [-0.39, 0.29) is 5.91 Å². The molecule has 1 heterocycles. The van der Waals surface area contributed by atoms with Crippen LogP contribution in [-0.4, -0.2) is 51.2 Å². The van der Waals surface area contributed by atoms with Crippen LogP contribution in [0, 0.1) is 20.8 Å². The molecule has 1 saturated heterocycles. The van der Waals surface area contributed by atoms with Crippen LogP contribution in [0.3, 0.4) is 0 Å². The lowest BCUT2D eigenvalue weighted by atomic mass is 10.0. The van der Waals surface area contributed by atoms with Crippen molar-refractivity contribution in [2.75, 3.05) is 45.3 Å². The van der Waals surface area contributed by atoms with Gasteiger partial charge in [0.1, 0.15) is 0 Å². The molecule has 28 heavy (non-hydrogen) atoms. The third kappa shape index (κ3) is 4.08. The van der Waals surface area contributed by atoms with Crippen molar-refractivity contribution in [2.45, 2.75) is 27.2 Å². The number of amides is 1. The van der Waals surface area contributed by atoms with Crippen LogP contribution in [-0.2, 0) is 11.2 Å². The second-order valence-corrected chi connectivity index (χ2v) is 7.40. The van der Waals surface area contributed by atoms with Crippen molar-refractivity contribution in [1.29, 1.82) is 0 Å². The average Bonchev–Trinajstić information content (AvgIpc) is 2.71. The van der Waals surface area contributed by atoms with Gasteiger partial charge in [0, 0.05) is 31.9 Å². The number of carbonyl (C=O) groups excluding carboxylic acids is 1. The largest absolute Gasteiger partial charge is 0.493 e. The van der Waals surface area contributed by atoms with E-state index in [0.29, 0.717) is 17.9 Å². The summed E-state index contributed by atoms with van der Waals surface area (Å²) in [7, 11) is 3.24. The molecule has 2 aromatic rings. The Kier molecular flexibility index (Phi) is 6.12. The molecule has 0 radical (unpaired) electrons. The number of aryl methyl sites for hydroxylation is 2. The van der Waals surface area contributed by atoms with E-state index in [0.717, 1.165) is 37.3 Å². The molecule has 1 fully saturated rings. The SMILES string of the molecule is COc1cc(C)c(CC(=O)N2CCN(c3cccc(C)c3C)CC2)cc1OC. The van der Waals surface area contributed by atoms with E-state index in [1.807, 2.05) is 24.0 Å². The Morgan fingerprint density at radius 3 is 2.21 bits per heavy atom. The van der Waals surface area contributed by atoms with Gasteiger partial charge in [-0.1, -0.05) is 12.1 Å². The van der Waals surface area contributed by atoms with Crippen molar-refractivity contribution in [2.24, 2.45) is 0 Å². The van der Waals surface area contributed by atoms with E-state index in [4.69, 9.17) is 9.47 Å². The maximum absolute atomic E-state index is 12.9. The Morgan fingerprint density at radius 1 is 0.929 bits per heavy atom. The van der Waals surface area contributed by atoms with Crippen LogP contribution in [0.5, 0.6) is 11.5 Å². The zero-order valence-electron chi connectivity index (χ0n) is 17.5. The van der Waals surface area contributed by atoms with Crippen molar-refractivity contribution in [3.63, 3.8) is 0 Å². The molecule has 1 aliphatic rings. The Morgan fingerprint density at radius 2 is 1.57 bits per heavy atom. The number of piperazine rings is 1. The lowest BCUT2D eigenvalue weighted by Crippen LogP contribution is -2.49. The van der Waals surface area contributed by atoms with Gasteiger partial charge in [0.2, 0.25) is 5.91 Å². The van der Waals surface area contributed by atoms with Crippen molar-refractivity contribution in [3.05, 3.63) is 52.6 Å². The van der Waals surface area contributed by atoms with Gasteiger partial charge in [-0.15, -0.1) is 0 Å². The molecule has 0 saturated carbocycles. The Hall–Kier alpha value is -2.69. The van der Waals surface area contributed by atoms with Crippen molar-refractivity contribution in [1.82, 2.24) is 4.90 Å². The molecule has 2 aromatic carbocycles. The summed E-state index contributed by atoms with van der Waals surface area (Å²) in [5.41, 5.74) is 5.94. The van der Waals surface area contributed by atoms with E-state index in [1.165, 1.54) is 16.8 Å². The van der Waals surface area contributed by atoms with E-state index in [1.54, 1.807) is 14.2 Å². The molecule has 3 rings (SSSR count). The molecule has 1 amide bonds. The smallest absolute Gasteiger partial charge is 0.227 e. The molecular weight excluding hydrogens is 352 g/mol. The van der Waals surface area contributed by atoms with Gasteiger partial charge in [-0.2, -0.15) is 0 Å². The number of methoxy groups -OCH3 is 2. The number of hydrogen-bond acceptors (Lipinski definition) is 4. The summed E-state index contributed by atoms with van der Waals surface area (Å²) >= 11 is 0. The summed E-state index contributed by atoms with van der Waals surface area (Å²) in [5.74, 6) is 1.52. The minimum Gasteiger partial charge on any atom is -0.493 e. The molecule has 150 valence electrons. The van der Waals surface area contributed by atoms with Crippen molar-refractivity contribution >= 4 is 11.6 Å². The lowest BCUT2D eigenvalue weighted by Gasteiger charge is -2.37. The summed E-state index contributed by atoms with van der Waals surface area (Å²) in [4.78, 5) is 17.2. The first-order chi connectivity index (χ1) is 13.4. The minimum atomic E-state index is 0.163. The quantitative estimate of drug-likeness (QED) is 0.794. The molecule has 0 unspecified atom stereocenters. The van der Waals surface area contributed by atoms with E-state index in [9.17, 15) is 4.79 Å². The molecular formula is C23H30N2O3. The topological polar surface area (TPSA) is 42.0 Å². The number of ether oxygens (including phenoxy) is 2. The van der Waals surface area contributed by atoms with Crippen molar-refractivity contribution < 1.29 is 14.3 Å². The van der Waals surface area contributed by atoms with Gasteiger partial charge in [0.05, 0.1) is 20.6 Å². The Labute approximate surface area is 167 Å². The number of benzene rings is 2. The second kappa shape index (κ2) is 8.55. The number of anilines is 1. The molecule has 5 heteroatoms. The monoisotopic (exact) mass is 382 g/mol. The number of carbonyl (C=O) groups is 1. The fourth-order valence-electron chi connectivity index (χ4n) is 3.76. The van der Waals surface area contributed by atoms with Gasteiger partial charge in [0.25, 0.3) is 0 Å². The maximum Gasteiger partial charge on any atom is 0.227 e. The Bertz CT molecular complexity index is 855. The summed E-state index contributed by atoms with van der Waals surface area (Å²) in [6, 6.07) is 10.3. The molecule has 0 atom stereocenters. The first-order valence-electron chi connectivity index (χ1n) is 9.75. The first-order valence-corrected chi connectivity index (χ1v) is 9.75. The fraction of sp³-hybridized carbons (Fsp3) is 0.435. The number of hydrogen-bond donors (Lipinski definition) is 0. The highest BCUT2D eigenvalue weighted by atomic mass is 16.5. The molecule has 0 N–H and O–H groups in total. The highest BCUT2D eigenvalue weighted by Gasteiger charge is 2.23. The maximum atomic E-state index is 12.9. The molecule has 5 nitrogen and oxygen atoms in total. The predicted molar refractivity (Wildman–Crippen MR) is 113 cm³/mol. The van der Waals surface area contributed by atoms with Crippen LogP contribution < -0.4 is 14.4 Å². The Balaban J connectivity index is 1.65. The van der Waals surface area contributed by atoms with E-state index in [2.05, 4.69) is 36.9 Å². The van der Waals surface area contributed by atoms with Crippen molar-refractivity contribution in [3.8, 4) is 11.5 Å². The molecule has 0 aromatic heterocycles. The van der Waals surface area contributed by atoms with Crippen LogP contribution >= 0.6 is 0 Å². The fourth-order valence-corrected chi connectivity index (χ4v) is 3.76. The van der Waals surface area contributed by atoms with Crippen LogP contribution in [0.25, 0.3) is 0 Å². The minimum absolute atomic E-state index is 0.163. The van der Waals surface area contributed by atoms with Crippen LogP contribution in [0.1, 0.15) is 22.3 Å². The highest BCUT2D eigenvalue weighted by Crippen LogP contribution is 2.31. The van der Waals surface area contributed by atoms with Crippen LogP contribution in [0.2, 0.25) is 0 Å². The van der Waals surface area contributed by atoms with E-state index >= 15 is 0 Å². The summed E-state index contributed by atoms with van der Waals surface area (Å²) in [5, 5.41) is 0.